The number of ether oxygens (including phenoxy) is 6. The van der Waals surface area contributed by atoms with Crippen molar-refractivity contribution in [1.29, 1.82) is 0 Å². The topological polar surface area (TPSA) is 215 Å². The van der Waals surface area contributed by atoms with E-state index in [-0.39, 0.29) is 12.2 Å². The Balaban J connectivity index is 1.55. The largest absolute Gasteiger partial charge is 0.497 e. The number of nitrogens with one attached hydrogen (secondary N) is 2. The second-order valence-corrected chi connectivity index (χ2v) is 10.6. The van der Waals surface area contributed by atoms with Gasteiger partial charge in [-0.05, 0) is 35.9 Å². The Bertz CT molecular complexity index is 1280. The first-order valence-electron chi connectivity index (χ1n) is 14.3. The summed E-state index contributed by atoms with van der Waals surface area (Å²) < 4.78 is 33.7. The van der Waals surface area contributed by atoms with Gasteiger partial charge in [0.1, 0.15) is 60.3 Å². The van der Waals surface area contributed by atoms with Crippen LogP contribution in [0.2, 0.25) is 0 Å². The molecule has 15 heteroatoms. The van der Waals surface area contributed by atoms with Crippen molar-refractivity contribution >= 4 is 11.8 Å². The number of aliphatic hydroxyl groups excluding tert-OH is 5. The number of hydrogen-bond donors (Lipinski definition) is 7. The van der Waals surface area contributed by atoms with E-state index in [4.69, 9.17) is 28.4 Å². The van der Waals surface area contributed by atoms with Crippen LogP contribution >= 0.6 is 0 Å². The van der Waals surface area contributed by atoms with Gasteiger partial charge in [-0.2, -0.15) is 0 Å². The van der Waals surface area contributed by atoms with E-state index in [0.29, 0.717) is 17.1 Å². The van der Waals surface area contributed by atoms with Gasteiger partial charge in [0.2, 0.25) is 5.91 Å². The molecule has 0 saturated carbocycles. The fourth-order valence-corrected chi connectivity index (χ4v) is 5.23. The number of rotatable bonds is 12. The van der Waals surface area contributed by atoms with Crippen LogP contribution in [0.3, 0.4) is 0 Å². The van der Waals surface area contributed by atoms with Crippen molar-refractivity contribution in [3.05, 3.63) is 59.7 Å². The molecule has 0 unspecified atom stereocenters. The number of carbonyl (C=O) groups is 2. The molecule has 0 bridgehead atoms. The van der Waals surface area contributed by atoms with Crippen LogP contribution in [0.5, 0.6) is 11.5 Å². The van der Waals surface area contributed by atoms with Crippen molar-refractivity contribution in [1.82, 2.24) is 10.6 Å². The molecule has 15 nitrogen and oxygen atoms in total. The summed E-state index contributed by atoms with van der Waals surface area (Å²) in [5, 5.41) is 58.6. The fraction of sp³-hybridized carbons (Fsp3) is 0.533. The first-order valence-corrected chi connectivity index (χ1v) is 14.3. The first-order chi connectivity index (χ1) is 21.6. The molecule has 45 heavy (non-hydrogen) atoms. The summed E-state index contributed by atoms with van der Waals surface area (Å²) in [7, 11) is 2.95. The summed E-state index contributed by atoms with van der Waals surface area (Å²) in [4.78, 5) is 25.1. The van der Waals surface area contributed by atoms with Crippen molar-refractivity contribution in [3.8, 4) is 11.5 Å². The summed E-state index contributed by atoms with van der Waals surface area (Å²) in [5.74, 6) is -0.187. The number of amides is 2. The van der Waals surface area contributed by atoms with Gasteiger partial charge in [0.15, 0.2) is 12.5 Å². The smallest absolute Gasteiger partial charge is 0.251 e. The maximum Gasteiger partial charge on any atom is 0.251 e. The Labute approximate surface area is 259 Å². The lowest BCUT2D eigenvalue weighted by molar-refractivity contribution is -0.341. The average molecular weight is 637 g/mol. The first kappa shape index (κ1) is 34.5. The van der Waals surface area contributed by atoms with E-state index >= 15 is 0 Å². The maximum atomic E-state index is 13.2. The second kappa shape index (κ2) is 15.8. The minimum absolute atomic E-state index is 0.0495. The molecule has 2 aromatic carbocycles. The van der Waals surface area contributed by atoms with Crippen molar-refractivity contribution in [2.24, 2.45) is 0 Å². The van der Waals surface area contributed by atoms with Crippen LogP contribution in [0.4, 0.5) is 0 Å². The molecule has 10 atom stereocenters. The summed E-state index contributed by atoms with van der Waals surface area (Å²) in [6.07, 6.45) is -12.9. The Morgan fingerprint density at radius 2 is 1.49 bits per heavy atom. The van der Waals surface area contributed by atoms with Gasteiger partial charge in [-0.1, -0.05) is 18.2 Å². The Morgan fingerprint density at radius 3 is 2.13 bits per heavy atom. The van der Waals surface area contributed by atoms with E-state index < -0.39 is 86.3 Å². The van der Waals surface area contributed by atoms with Gasteiger partial charge in [0, 0.05) is 12.5 Å². The highest BCUT2D eigenvalue weighted by Crippen LogP contribution is 2.31. The zero-order valence-electron chi connectivity index (χ0n) is 25.0. The van der Waals surface area contributed by atoms with Crippen LogP contribution in [-0.4, -0.2) is 126 Å². The molecule has 2 heterocycles. The monoisotopic (exact) mass is 636 g/mol. The lowest BCUT2D eigenvalue weighted by atomic mass is 9.94. The molecule has 0 aromatic heterocycles. The minimum Gasteiger partial charge on any atom is -0.497 e. The number of benzene rings is 2. The molecule has 0 spiro atoms. The maximum absolute atomic E-state index is 13.2. The molecule has 248 valence electrons. The van der Waals surface area contributed by atoms with E-state index in [2.05, 4.69) is 10.6 Å². The molecule has 2 aromatic rings. The second-order valence-electron chi connectivity index (χ2n) is 10.6. The predicted molar refractivity (Wildman–Crippen MR) is 154 cm³/mol. The third-order valence-corrected chi connectivity index (χ3v) is 7.56. The molecule has 2 fully saturated rings. The number of carbonyl (C=O) groups excluding carboxylic acids is 2. The Hall–Kier alpha value is -3.38. The lowest BCUT2D eigenvalue weighted by Crippen LogP contribution is -2.70. The quantitative estimate of drug-likeness (QED) is 0.140. The van der Waals surface area contributed by atoms with Gasteiger partial charge in [0.05, 0.1) is 34.0 Å². The van der Waals surface area contributed by atoms with Crippen LogP contribution in [0.15, 0.2) is 48.5 Å². The van der Waals surface area contributed by atoms with E-state index in [1.165, 1.54) is 33.3 Å². The Morgan fingerprint density at radius 1 is 0.822 bits per heavy atom. The number of hydrogen-bond acceptors (Lipinski definition) is 13. The van der Waals surface area contributed by atoms with E-state index in [9.17, 15) is 35.1 Å². The highest BCUT2D eigenvalue weighted by Gasteiger charge is 2.52. The summed E-state index contributed by atoms with van der Waals surface area (Å²) >= 11 is 0. The average Bonchev–Trinajstić information content (AvgIpc) is 3.04. The molecular weight excluding hydrogens is 596 g/mol. The van der Waals surface area contributed by atoms with Crippen LogP contribution in [0.25, 0.3) is 0 Å². The molecular formula is C30H40N2O13. The molecule has 4 rings (SSSR count). The van der Waals surface area contributed by atoms with Gasteiger partial charge in [-0.3, -0.25) is 9.59 Å². The normalized spacial score (nSPS) is 31.6. The van der Waals surface area contributed by atoms with Gasteiger partial charge < -0.3 is 64.6 Å². The SMILES string of the molecule is COc1cccc(CO[C@H]2[C@@H](O)[C@@H](CO)O[C@@H](O[C@H]3[C@H](O)[C@@H](NC(=O)c4cccc(OC)c4)[C@H](NC(C)=O)O[C@@H]3CO)[C@@H]2O)c1. The summed E-state index contributed by atoms with van der Waals surface area (Å²) in [6.45, 7) is -0.194. The van der Waals surface area contributed by atoms with Gasteiger partial charge in [-0.25, -0.2) is 0 Å². The lowest BCUT2D eigenvalue weighted by Gasteiger charge is -2.48. The summed E-state index contributed by atoms with van der Waals surface area (Å²) in [5.41, 5.74) is 0.861. The van der Waals surface area contributed by atoms with Crippen LogP contribution < -0.4 is 20.1 Å². The van der Waals surface area contributed by atoms with Crippen molar-refractivity contribution in [2.75, 3.05) is 27.4 Å². The highest BCUT2D eigenvalue weighted by molar-refractivity contribution is 5.94. The van der Waals surface area contributed by atoms with E-state index in [1.807, 2.05) is 0 Å². The predicted octanol–water partition coefficient (Wildman–Crippen LogP) is -1.57. The van der Waals surface area contributed by atoms with Crippen LogP contribution in [0, 0.1) is 0 Å². The molecule has 0 aliphatic carbocycles. The van der Waals surface area contributed by atoms with Crippen molar-refractivity contribution < 1.29 is 63.5 Å². The van der Waals surface area contributed by atoms with Crippen molar-refractivity contribution in [3.63, 3.8) is 0 Å². The Kier molecular flexibility index (Phi) is 12.1. The van der Waals surface area contributed by atoms with Crippen LogP contribution in [-0.2, 0) is 30.3 Å². The van der Waals surface area contributed by atoms with Crippen LogP contribution in [0.1, 0.15) is 22.8 Å². The molecule has 2 saturated heterocycles. The van der Waals surface area contributed by atoms with Crippen molar-refractivity contribution in [2.45, 2.75) is 74.8 Å². The highest BCUT2D eigenvalue weighted by atomic mass is 16.7. The molecule has 2 aliphatic rings. The van der Waals surface area contributed by atoms with Gasteiger partial charge >= 0.3 is 0 Å². The third kappa shape index (κ3) is 8.26. The van der Waals surface area contributed by atoms with E-state index in [0.717, 1.165) is 0 Å². The van der Waals surface area contributed by atoms with E-state index in [1.54, 1.807) is 36.4 Å². The fourth-order valence-electron chi connectivity index (χ4n) is 5.23. The van der Waals surface area contributed by atoms with Gasteiger partial charge in [-0.15, -0.1) is 0 Å². The number of aliphatic hydroxyl groups is 5. The standard InChI is InChI=1S/C30H40N2O13/c1-15(35)31-29-22(32-28(39)17-7-5-9-19(11-17)41-3)24(37)26(21(13-34)43-29)45-30-25(38)27(23(36)20(12-33)44-30)42-14-16-6-4-8-18(10-16)40-2/h4-11,20-27,29-30,33-34,36-38H,12-14H2,1-3H3,(H,31,35)(H,32,39)/t20-,21-,22-,23+,24-,25-,26-,27+,29-,30+/m1/s1. The molecule has 2 amide bonds. The third-order valence-electron chi connectivity index (χ3n) is 7.56. The molecule has 0 radical (unpaired) electrons. The minimum atomic E-state index is -1.64. The number of methoxy groups -OCH3 is 2. The molecule has 7 N–H and O–H groups in total. The zero-order valence-corrected chi connectivity index (χ0v) is 25.0. The molecule has 2 aliphatic heterocycles. The summed E-state index contributed by atoms with van der Waals surface area (Å²) in [6, 6.07) is 11.9. The zero-order chi connectivity index (χ0) is 32.7. The van der Waals surface area contributed by atoms with Gasteiger partial charge in [0.25, 0.3) is 5.91 Å².